The Kier molecular flexibility index (Phi) is 5.07. The van der Waals surface area contributed by atoms with Crippen molar-refractivity contribution in [1.29, 1.82) is 0 Å². The van der Waals surface area contributed by atoms with Gasteiger partial charge >= 0.3 is 12.4 Å². The zero-order valence-electron chi connectivity index (χ0n) is 16.7. The van der Waals surface area contributed by atoms with Crippen LogP contribution in [0.15, 0.2) is 29.4 Å². The number of oxime groups is 1. The van der Waals surface area contributed by atoms with E-state index in [1.54, 1.807) is 12.1 Å². The average molecular weight is 446 g/mol. The zero-order valence-corrected chi connectivity index (χ0v) is 16.7. The molecule has 2 aromatic rings. The minimum Gasteiger partial charge on any atom is -0.372 e. The topological polar surface area (TPSA) is 51.4 Å². The van der Waals surface area contributed by atoms with Crippen LogP contribution in [0.4, 0.5) is 26.3 Å². The number of nitrogens with zero attached hydrogens (tertiary/aromatic N) is 3. The highest BCUT2D eigenvalue weighted by Gasteiger charge is 2.64. The van der Waals surface area contributed by atoms with Crippen LogP contribution in [-0.4, -0.2) is 27.7 Å². The predicted molar refractivity (Wildman–Crippen MR) is 99.2 cm³/mol. The summed E-state index contributed by atoms with van der Waals surface area (Å²) in [4.78, 5) is 4.84. The molecule has 1 unspecified atom stereocenters. The predicted octanol–water partition coefficient (Wildman–Crippen LogP) is 4.58. The first-order valence-electron chi connectivity index (χ1n) is 9.67. The summed E-state index contributed by atoms with van der Waals surface area (Å²) in [7, 11) is 1.02. The van der Waals surface area contributed by atoms with Gasteiger partial charge in [0.25, 0.3) is 5.60 Å². The van der Waals surface area contributed by atoms with E-state index in [2.05, 4.69) is 15.6 Å². The van der Waals surface area contributed by atoms with Gasteiger partial charge in [0, 0.05) is 19.6 Å². The second kappa shape index (κ2) is 7.25. The number of rotatable bonds is 5. The molecule has 1 N–H and O–H groups in total. The van der Waals surface area contributed by atoms with Crippen LogP contribution < -0.4 is 5.32 Å². The number of alkyl halides is 6. The van der Waals surface area contributed by atoms with Crippen molar-refractivity contribution in [3.8, 4) is 0 Å². The summed E-state index contributed by atoms with van der Waals surface area (Å²) in [5.74, 6) is 0. The standard InChI is InChI=1S/C20H20F6N4O/c1-11-7-12(3-4-13(11)10-27-14-5-6-14)15-9-18(31-29-15,20(24,25)26)17-8-16(19(21,22)23)28-30(17)2/h3-4,7-8,14,27H,5-6,9-10H2,1-2H3. The summed E-state index contributed by atoms with van der Waals surface area (Å²) in [6.07, 6.45) is -8.39. The van der Waals surface area contributed by atoms with Crippen molar-refractivity contribution >= 4 is 5.71 Å². The molecule has 11 heteroatoms. The molecule has 0 radical (unpaired) electrons. The number of hydrogen-bond donors (Lipinski definition) is 1. The quantitative estimate of drug-likeness (QED) is 0.684. The molecule has 168 valence electrons. The molecule has 1 aromatic heterocycles. The number of hydrogen-bond acceptors (Lipinski definition) is 4. The van der Waals surface area contributed by atoms with Crippen molar-refractivity contribution in [3.05, 3.63) is 52.3 Å². The third kappa shape index (κ3) is 4.02. The molecular formula is C20H20F6N4O. The number of aromatic nitrogens is 2. The van der Waals surface area contributed by atoms with Crippen LogP contribution in [0.3, 0.4) is 0 Å². The van der Waals surface area contributed by atoms with Gasteiger partial charge in [-0.25, -0.2) is 0 Å². The van der Waals surface area contributed by atoms with Crippen LogP contribution in [-0.2, 0) is 30.2 Å². The van der Waals surface area contributed by atoms with Gasteiger partial charge in [0.05, 0.1) is 17.8 Å². The highest BCUT2D eigenvalue weighted by Crippen LogP contribution is 2.49. The molecule has 1 atom stereocenters. The van der Waals surface area contributed by atoms with Gasteiger partial charge in [0.15, 0.2) is 5.69 Å². The molecule has 0 saturated heterocycles. The van der Waals surface area contributed by atoms with Crippen LogP contribution in [0.1, 0.15) is 47.3 Å². The Labute approximate surface area is 174 Å². The van der Waals surface area contributed by atoms with Crippen molar-refractivity contribution in [2.75, 3.05) is 0 Å². The maximum Gasteiger partial charge on any atom is 0.437 e. The normalized spacial score (nSPS) is 21.9. The van der Waals surface area contributed by atoms with E-state index in [0.29, 0.717) is 28.9 Å². The molecule has 0 bridgehead atoms. The third-order valence-electron chi connectivity index (χ3n) is 5.60. The molecule has 1 aliphatic carbocycles. The van der Waals surface area contributed by atoms with Crippen LogP contribution >= 0.6 is 0 Å². The molecule has 1 aliphatic heterocycles. The van der Waals surface area contributed by atoms with Gasteiger partial charge in [0.1, 0.15) is 0 Å². The zero-order chi connectivity index (χ0) is 22.6. The van der Waals surface area contributed by atoms with Crippen molar-refractivity contribution in [2.45, 2.75) is 56.7 Å². The van der Waals surface area contributed by atoms with Crippen molar-refractivity contribution in [2.24, 2.45) is 12.2 Å². The molecule has 0 spiro atoms. The van der Waals surface area contributed by atoms with E-state index in [4.69, 9.17) is 4.84 Å². The second-order valence-electron chi connectivity index (χ2n) is 7.96. The van der Waals surface area contributed by atoms with Crippen LogP contribution in [0.2, 0.25) is 0 Å². The largest absolute Gasteiger partial charge is 0.437 e. The van der Waals surface area contributed by atoms with Crippen molar-refractivity contribution in [3.63, 3.8) is 0 Å². The maximum absolute atomic E-state index is 14.1. The summed E-state index contributed by atoms with van der Waals surface area (Å²) in [5, 5.41) is 10.2. The van der Waals surface area contributed by atoms with E-state index < -0.39 is 35.8 Å². The van der Waals surface area contributed by atoms with Gasteiger partial charge in [0.2, 0.25) is 0 Å². The highest BCUT2D eigenvalue weighted by molar-refractivity contribution is 6.02. The molecule has 0 amide bonds. The van der Waals surface area contributed by atoms with Gasteiger partial charge in [-0.2, -0.15) is 31.4 Å². The van der Waals surface area contributed by atoms with Gasteiger partial charge < -0.3 is 10.2 Å². The van der Waals surface area contributed by atoms with E-state index in [0.717, 1.165) is 31.0 Å². The fourth-order valence-electron chi connectivity index (χ4n) is 3.62. The lowest BCUT2D eigenvalue weighted by molar-refractivity contribution is -0.278. The average Bonchev–Trinajstić information content (AvgIpc) is 3.22. The van der Waals surface area contributed by atoms with E-state index in [9.17, 15) is 26.3 Å². The summed E-state index contributed by atoms with van der Waals surface area (Å²) >= 11 is 0. The Morgan fingerprint density at radius 3 is 2.42 bits per heavy atom. The summed E-state index contributed by atoms with van der Waals surface area (Å²) in [6.45, 7) is 2.50. The van der Waals surface area contributed by atoms with Gasteiger partial charge in [-0.05, 0) is 48.6 Å². The molecular weight excluding hydrogens is 426 g/mol. The molecule has 2 heterocycles. The number of benzene rings is 1. The smallest absolute Gasteiger partial charge is 0.372 e. The summed E-state index contributed by atoms with van der Waals surface area (Å²) in [6, 6.07) is 6.05. The number of nitrogens with one attached hydrogen (secondary N) is 1. The lowest BCUT2D eigenvalue weighted by Crippen LogP contribution is -2.44. The van der Waals surface area contributed by atoms with Crippen LogP contribution in [0, 0.1) is 6.92 Å². The Hall–Kier alpha value is -2.56. The molecule has 1 aromatic carbocycles. The van der Waals surface area contributed by atoms with Crippen LogP contribution in [0.5, 0.6) is 0 Å². The Bertz CT molecular complexity index is 1020. The first-order chi connectivity index (χ1) is 14.4. The van der Waals surface area contributed by atoms with E-state index >= 15 is 0 Å². The number of aryl methyl sites for hydroxylation is 2. The maximum atomic E-state index is 14.1. The van der Waals surface area contributed by atoms with Gasteiger partial charge in [-0.15, -0.1) is 0 Å². The van der Waals surface area contributed by atoms with E-state index in [1.807, 2.05) is 13.0 Å². The fourth-order valence-corrected chi connectivity index (χ4v) is 3.62. The van der Waals surface area contributed by atoms with E-state index in [1.165, 1.54) is 0 Å². The molecule has 1 fully saturated rings. The first-order valence-corrected chi connectivity index (χ1v) is 9.67. The summed E-state index contributed by atoms with van der Waals surface area (Å²) < 4.78 is 81.8. The Balaban J connectivity index is 1.62. The molecule has 2 aliphatic rings. The lowest BCUT2D eigenvalue weighted by atomic mass is 9.89. The van der Waals surface area contributed by atoms with Gasteiger partial charge in [-0.1, -0.05) is 17.3 Å². The third-order valence-corrected chi connectivity index (χ3v) is 5.60. The van der Waals surface area contributed by atoms with Crippen molar-refractivity contribution in [1.82, 2.24) is 15.1 Å². The lowest BCUT2D eigenvalue weighted by Gasteiger charge is -2.28. The Morgan fingerprint density at radius 1 is 1.16 bits per heavy atom. The van der Waals surface area contributed by atoms with Crippen LogP contribution in [0.25, 0.3) is 0 Å². The molecule has 5 nitrogen and oxygen atoms in total. The molecule has 1 saturated carbocycles. The molecule has 4 rings (SSSR count). The first kappa shape index (κ1) is 21.7. The highest BCUT2D eigenvalue weighted by atomic mass is 19.4. The SMILES string of the molecule is Cc1cc(C2=NOC(c3cc(C(F)(F)F)nn3C)(C(F)(F)F)C2)ccc1CNC1CC1. The van der Waals surface area contributed by atoms with Gasteiger partial charge in [-0.3, -0.25) is 4.68 Å². The minimum absolute atomic E-state index is 0.0110. The Morgan fingerprint density at radius 2 is 1.87 bits per heavy atom. The van der Waals surface area contributed by atoms with Crippen molar-refractivity contribution < 1.29 is 31.2 Å². The monoisotopic (exact) mass is 446 g/mol. The summed E-state index contributed by atoms with van der Waals surface area (Å²) in [5.41, 5.74) is -2.90. The second-order valence-corrected chi connectivity index (χ2v) is 7.96. The fraction of sp³-hybridized carbons (Fsp3) is 0.500. The minimum atomic E-state index is -5.02. The molecule has 31 heavy (non-hydrogen) atoms. The van der Waals surface area contributed by atoms with E-state index in [-0.39, 0.29) is 5.71 Å². The number of halogens is 6.